The summed E-state index contributed by atoms with van der Waals surface area (Å²) < 4.78 is 0. The third-order valence-corrected chi connectivity index (χ3v) is 22.7. The van der Waals surface area contributed by atoms with Gasteiger partial charge in [-0.15, -0.1) is 0 Å². The average Bonchev–Trinajstić information content (AvgIpc) is 3.52. The fraction of sp³-hybridized carbons (Fsp3) is 0.273. The fourth-order valence-electron chi connectivity index (χ4n) is 11.5. The Hall–Kier alpha value is -5.34. The van der Waals surface area contributed by atoms with Gasteiger partial charge in [-0.2, -0.15) is 0 Å². The molecule has 0 fully saturated rings. The van der Waals surface area contributed by atoms with Crippen LogP contribution in [0.4, 0.5) is 34.1 Å². The first-order valence-electron chi connectivity index (χ1n) is 27.8. The van der Waals surface area contributed by atoms with Crippen LogP contribution in [0.2, 0.25) is 0 Å². The molecular formula is C66H72N6S6. The van der Waals surface area contributed by atoms with Gasteiger partial charge in [-0.25, -0.2) is 0 Å². The number of anilines is 6. The molecule has 0 atom stereocenters. The molecule has 3 aliphatic rings. The van der Waals surface area contributed by atoms with Gasteiger partial charge in [-0.05, 0) is 178 Å². The van der Waals surface area contributed by atoms with Crippen LogP contribution in [0.1, 0.15) is 108 Å². The van der Waals surface area contributed by atoms with Crippen molar-refractivity contribution in [2.24, 2.45) is 0 Å². The van der Waals surface area contributed by atoms with Gasteiger partial charge in [0.15, 0.2) is 0 Å². The predicted octanol–water partition coefficient (Wildman–Crippen LogP) is 19.8. The summed E-state index contributed by atoms with van der Waals surface area (Å²) in [4.78, 5) is 7.32. The maximum atomic E-state index is 4.05. The fourth-order valence-corrected chi connectivity index (χ4v) is 18.5. The zero-order valence-corrected chi connectivity index (χ0v) is 50.7. The molecule has 0 aliphatic carbocycles. The molecule has 0 amide bonds. The van der Waals surface area contributed by atoms with Crippen LogP contribution in [0.15, 0.2) is 175 Å². The van der Waals surface area contributed by atoms with Gasteiger partial charge in [-0.1, -0.05) is 179 Å². The van der Waals surface area contributed by atoms with Gasteiger partial charge < -0.3 is 31.9 Å². The first-order valence-corrected chi connectivity index (χ1v) is 34.2. The van der Waals surface area contributed by atoms with E-state index in [0.717, 1.165) is 112 Å². The molecule has 402 valence electrons. The molecule has 0 aromatic heterocycles. The van der Waals surface area contributed by atoms with E-state index < -0.39 is 0 Å². The topological polar surface area (TPSA) is 72.2 Å². The summed E-state index contributed by atoms with van der Waals surface area (Å²) in [5, 5.41) is 24.3. The molecule has 3 heterocycles. The number of para-hydroxylation sites is 6. The Labute approximate surface area is 488 Å². The van der Waals surface area contributed by atoms with Gasteiger partial charge in [0.2, 0.25) is 0 Å². The molecule has 3 aliphatic heterocycles. The molecule has 0 radical (unpaired) electrons. The number of nitrogens with one attached hydrogen (secondary N) is 6. The second-order valence-corrected chi connectivity index (χ2v) is 26.1. The smallest absolute Gasteiger partial charge is 0.0489 e. The summed E-state index contributed by atoms with van der Waals surface area (Å²) in [7, 11) is 11.0. The minimum absolute atomic E-state index is 0.726. The highest BCUT2D eigenvalue weighted by Gasteiger charge is 2.25. The normalized spacial score (nSPS) is 14.1. The highest BCUT2D eigenvalue weighted by Crippen LogP contribution is 2.48. The molecule has 12 heteroatoms. The third kappa shape index (κ3) is 12.5. The molecule has 0 saturated carbocycles. The molecule has 6 bridgehead atoms. The zero-order valence-electron chi connectivity index (χ0n) is 45.8. The van der Waals surface area contributed by atoms with E-state index >= 15 is 0 Å². The van der Waals surface area contributed by atoms with Gasteiger partial charge in [0.25, 0.3) is 0 Å². The monoisotopic (exact) mass is 1140 g/mol. The minimum atomic E-state index is 0.726. The Morgan fingerprint density at radius 3 is 0.513 bits per heavy atom. The van der Waals surface area contributed by atoms with Crippen molar-refractivity contribution in [2.45, 2.75) is 149 Å². The van der Waals surface area contributed by atoms with Gasteiger partial charge in [0.05, 0.1) is 0 Å². The lowest BCUT2D eigenvalue weighted by atomic mass is 9.83. The highest BCUT2D eigenvalue weighted by molar-refractivity contribution is 8.77. The highest BCUT2D eigenvalue weighted by atomic mass is 33.1. The van der Waals surface area contributed by atoms with Crippen LogP contribution in [0.25, 0.3) is 0 Å². The van der Waals surface area contributed by atoms with Crippen LogP contribution >= 0.6 is 64.8 Å². The summed E-state index contributed by atoms with van der Waals surface area (Å²) >= 11 is 0. The summed E-state index contributed by atoms with van der Waals surface area (Å²) in [5.74, 6) is 0. The molecule has 11 rings (SSSR count). The lowest BCUT2D eigenvalue weighted by Gasteiger charge is -2.28. The standard InChI is InChI=1S/C66H72N6S6/c1-7-43-49-37-67-55-25-13-19-31-61(55)73-75-64-34-22-16-28-58(64)70-40-52-46(10-4)53-41-71-59-29-17-23-35-65(59)76-74-62-32-20-14-26-56(62)68-38-50(43)45(9-3)51(44(49)8-2)39-69-57-27-15-21-33-63(57)77-78-66-36-24-18-30-60(66)72-42-54(47(52)11-5)48(53)12-6/h13-36,67-72H,7-12,37-42H2,1-6H3. The van der Waals surface area contributed by atoms with Gasteiger partial charge in [-0.3, -0.25) is 0 Å². The number of rotatable bonds is 6. The van der Waals surface area contributed by atoms with Gasteiger partial charge >= 0.3 is 0 Å². The molecular weight excluding hydrogens is 1070 g/mol. The van der Waals surface area contributed by atoms with Crippen LogP contribution < -0.4 is 31.9 Å². The Morgan fingerprint density at radius 1 is 0.231 bits per heavy atom. The molecule has 0 saturated heterocycles. The minimum Gasteiger partial charge on any atom is -0.380 e. The van der Waals surface area contributed by atoms with Crippen molar-refractivity contribution in [3.8, 4) is 0 Å². The van der Waals surface area contributed by atoms with E-state index in [2.05, 4.69) is 219 Å². The maximum absolute atomic E-state index is 4.05. The number of fused-ring (bicyclic) bond motifs is 9. The van der Waals surface area contributed by atoms with E-state index in [4.69, 9.17) is 0 Å². The molecule has 0 spiro atoms. The molecule has 8 aromatic carbocycles. The van der Waals surface area contributed by atoms with Crippen molar-refractivity contribution in [2.75, 3.05) is 31.9 Å². The predicted molar refractivity (Wildman–Crippen MR) is 347 cm³/mol. The van der Waals surface area contributed by atoms with Crippen molar-refractivity contribution in [1.29, 1.82) is 0 Å². The molecule has 0 unspecified atom stereocenters. The lowest BCUT2D eigenvalue weighted by molar-refractivity contribution is 0.882. The van der Waals surface area contributed by atoms with Crippen LogP contribution in [-0.4, -0.2) is 0 Å². The quantitative estimate of drug-likeness (QED) is 0.0899. The largest absolute Gasteiger partial charge is 0.380 e. The SMILES string of the molecule is CCc1c2c(CC)c3c(CC)c1CNc1ccccc1SSc1ccccc1NCc1c(CC)c(c(CC)c(c1CC)CNc1ccccc1SSc1ccccc1NC3)CNc1ccccc1SSc1ccccc1NC2. The molecule has 8 aromatic rings. The van der Waals surface area contributed by atoms with Crippen molar-refractivity contribution >= 4 is 98.9 Å². The first-order chi connectivity index (χ1) is 38.4. The Morgan fingerprint density at radius 2 is 0.372 bits per heavy atom. The molecule has 78 heavy (non-hydrogen) atoms. The zero-order chi connectivity index (χ0) is 53.8. The van der Waals surface area contributed by atoms with Crippen LogP contribution in [0, 0.1) is 0 Å². The van der Waals surface area contributed by atoms with E-state index in [9.17, 15) is 0 Å². The molecule has 6 N–H and O–H groups in total. The second-order valence-electron chi connectivity index (χ2n) is 19.5. The van der Waals surface area contributed by atoms with E-state index in [1.54, 1.807) is 0 Å². The van der Waals surface area contributed by atoms with Crippen molar-refractivity contribution in [1.82, 2.24) is 0 Å². The summed E-state index contributed by atoms with van der Waals surface area (Å²) in [5.41, 5.74) is 24.1. The van der Waals surface area contributed by atoms with Gasteiger partial charge in [0, 0.05) is 103 Å². The van der Waals surface area contributed by atoms with E-state index in [1.807, 2.05) is 64.8 Å². The Balaban J connectivity index is 1.19. The average molecular weight is 1140 g/mol. The number of hydrogen-bond donors (Lipinski definition) is 6. The Kier molecular flexibility index (Phi) is 19.5. The number of benzene rings is 8. The van der Waals surface area contributed by atoms with Crippen molar-refractivity contribution < 1.29 is 0 Å². The van der Waals surface area contributed by atoms with E-state index in [0.29, 0.717) is 0 Å². The van der Waals surface area contributed by atoms with Gasteiger partial charge in [0.1, 0.15) is 0 Å². The third-order valence-electron chi connectivity index (χ3n) is 15.2. The lowest BCUT2D eigenvalue weighted by Crippen LogP contribution is -2.19. The summed E-state index contributed by atoms with van der Waals surface area (Å²) in [6, 6.07) is 53.2. The van der Waals surface area contributed by atoms with Crippen molar-refractivity contribution in [3.05, 3.63) is 212 Å². The van der Waals surface area contributed by atoms with Crippen LogP contribution in [-0.2, 0) is 77.8 Å². The summed E-state index contributed by atoms with van der Waals surface area (Å²) in [6.07, 6.45) is 5.61. The van der Waals surface area contributed by atoms with E-state index in [-0.39, 0.29) is 0 Å². The molecule has 6 nitrogen and oxygen atoms in total. The maximum Gasteiger partial charge on any atom is 0.0489 e. The second kappa shape index (κ2) is 27.2. The number of hydrogen-bond acceptors (Lipinski definition) is 12. The van der Waals surface area contributed by atoms with Crippen LogP contribution in [0.3, 0.4) is 0 Å². The van der Waals surface area contributed by atoms with E-state index in [1.165, 1.54) is 96.1 Å². The summed E-state index contributed by atoms with van der Waals surface area (Å²) in [6.45, 7) is 18.5. The van der Waals surface area contributed by atoms with Crippen molar-refractivity contribution in [3.63, 3.8) is 0 Å². The van der Waals surface area contributed by atoms with Crippen LogP contribution in [0.5, 0.6) is 0 Å². The Bertz CT molecular complexity index is 2760. The first kappa shape index (κ1) is 56.0.